The van der Waals surface area contributed by atoms with Crippen molar-refractivity contribution in [3.05, 3.63) is 47.6 Å². The number of hydrogen-bond acceptors (Lipinski definition) is 7. The predicted octanol–water partition coefficient (Wildman–Crippen LogP) is 4.39. The molecule has 24 heavy (non-hydrogen) atoms. The summed E-state index contributed by atoms with van der Waals surface area (Å²) < 4.78 is 12.8. The van der Waals surface area contributed by atoms with Gasteiger partial charge in [0.15, 0.2) is 11.0 Å². The van der Waals surface area contributed by atoms with Crippen molar-refractivity contribution < 1.29 is 8.83 Å². The molecule has 8 heteroatoms. The van der Waals surface area contributed by atoms with E-state index in [0.29, 0.717) is 11.6 Å². The van der Waals surface area contributed by atoms with Crippen LogP contribution in [0.1, 0.15) is 11.5 Å². The van der Waals surface area contributed by atoms with E-state index >= 15 is 0 Å². The van der Waals surface area contributed by atoms with E-state index in [4.69, 9.17) is 8.83 Å². The third-order valence-electron chi connectivity index (χ3n) is 3.57. The van der Waals surface area contributed by atoms with Crippen LogP contribution in [0.25, 0.3) is 22.2 Å². The van der Waals surface area contributed by atoms with Crippen LogP contribution in [0.3, 0.4) is 0 Å². The van der Waals surface area contributed by atoms with Crippen molar-refractivity contribution in [1.82, 2.24) is 19.7 Å². The lowest BCUT2D eigenvalue weighted by atomic mass is 10.2. The van der Waals surface area contributed by atoms with Crippen LogP contribution in [0.5, 0.6) is 0 Å². The van der Waals surface area contributed by atoms with Crippen LogP contribution in [-0.4, -0.2) is 19.7 Å². The van der Waals surface area contributed by atoms with Crippen molar-refractivity contribution in [2.24, 2.45) is 7.05 Å². The monoisotopic (exact) mass is 358 g/mol. The zero-order valence-electron chi connectivity index (χ0n) is 13.1. The van der Waals surface area contributed by atoms with Gasteiger partial charge in [0.25, 0.3) is 0 Å². The molecule has 0 unspecified atom stereocenters. The summed E-state index contributed by atoms with van der Waals surface area (Å²) >= 11 is 3.19. The van der Waals surface area contributed by atoms with Gasteiger partial charge in [-0.15, -0.1) is 21.5 Å². The highest BCUT2D eigenvalue weighted by molar-refractivity contribution is 7.98. The standard InChI is InChI=1S/C16H14N4O2S2/c1-10-12(5-6-21-10)14-18-19-16(20(14)2)24-9-11-8-22-15(17-11)13-4-3-7-23-13/h3-8H,9H2,1-2H3. The van der Waals surface area contributed by atoms with Crippen molar-refractivity contribution in [2.75, 3.05) is 0 Å². The van der Waals surface area contributed by atoms with Crippen LogP contribution in [0.2, 0.25) is 0 Å². The topological polar surface area (TPSA) is 69.9 Å². The van der Waals surface area contributed by atoms with Gasteiger partial charge in [0.2, 0.25) is 5.89 Å². The van der Waals surface area contributed by atoms with Crippen LogP contribution in [0.15, 0.2) is 50.1 Å². The molecule has 0 saturated heterocycles. The van der Waals surface area contributed by atoms with Gasteiger partial charge in [-0.05, 0) is 24.4 Å². The lowest BCUT2D eigenvalue weighted by molar-refractivity contribution is 0.534. The molecule has 122 valence electrons. The average Bonchev–Trinajstić information content (AvgIpc) is 3.33. The summed E-state index contributed by atoms with van der Waals surface area (Å²) in [5.41, 5.74) is 1.84. The largest absolute Gasteiger partial charge is 0.469 e. The van der Waals surface area contributed by atoms with E-state index in [1.807, 2.05) is 42.1 Å². The fourth-order valence-electron chi connectivity index (χ4n) is 2.32. The third kappa shape index (κ3) is 2.78. The van der Waals surface area contributed by atoms with Crippen molar-refractivity contribution >= 4 is 23.1 Å². The number of nitrogens with zero attached hydrogens (tertiary/aromatic N) is 4. The summed E-state index contributed by atoms with van der Waals surface area (Å²) in [6.45, 7) is 1.92. The van der Waals surface area contributed by atoms with Gasteiger partial charge in [-0.1, -0.05) is 17.8 Å². The van der Waals surface area contributed by atoms with Crippen LogP contribution < -0.4 is 0 Å². The van der Waals surface area contributed by atoms with Gasteiger partial charge in [0.1, 0.15) is 12.0 Å². The van der Waals surface area contributed by atoms with Gasteiger partial charge in [0.05, 0.1) is 22.4 Å². The normalized spacial score (nSPS) is 11.2. The minimum absolute atomic E-state index is 0.660. The number of thioether (sulfide) groups is 1. The number of thiophene rings is 1. The molecule has 4 rings (SSSR count). The third-order valence-corrected chi connectivity index (χ3v) is 5.48. The smallest absolute Gasteiger partial charge is 0.236 e. The molecule has 0 spiro atoms. The zero-order valence-corrected chi connectivity index (χ0v) is 14.7. The molecule has 0 aliphatic rings. The summed E-state index contributed by atoms with van der Waals surface area (Å²) in [7, 11) is 1.95. The van der Waals surface area contributed by atoms with E-state index < -0.39 is 0 Å². The predicted molar refractivity (Wildman–Crippen MR) is 92.8 cm³/mol. The van der Waals surface area contributed by atoms with Gasteiger partial charge in [-0.2, -0.15) is 0 Å². The molecule has 0 aliphatic heterocycles. The highest BCUT2D eigenvalue weighted by Gasteiger charge is 2.15. The van der Waals surface area contributed by atoms with E-state index in [9.17, 15) is 0 Å². The summed E-state index contributed by atoms with van der Waals surface area (Å²) in [5.74, 6) is 2.96. The molecule has 0 bridgehead atoms. The molecule has 0 aromatic carbocycles. The number of furan rings is 1. The number of oxazole rings is 1. The summed E-state index contributed by atoms with van der Waals surface area (Å²) in [6, 6.07) is 5.88. The maximum absolute atomic E-state index is 5.54. The van der Waals surface area contributed by atoms with Crippen molar-refractivity contribution in [3.8, 4) is 22.2 Å². The SMILES string of the molecule is Cc1occc1-c1nnc(SCc2coc(-c3cccs3)n2)n1C. The van der Waals surface area contributed by atoms with Gasteiger partial charge in [-0.25, -0.2) is 4.98 Å². The molecule has 0 fully saturated rings. The molecule has 0 N–H and O–H groups in total. The zero-order chi connectivity index (χ0) is 16.5. The minimum Gasteiger partial charge on any atom is -0.469 e. The lowest BCUT2D eigenvalue weighted by Gasteiger charge is -2.01. The second-order valence-electron chi connectivity index (χ2n) is 5.17. The van der Waals surface area contributed by atoms with E-state index in [-0.39, 0.29) is 0 Å². The second-order valence-corrected chi connectivity index (χ2v) is 7.06. The molecular weight excluding hydrogens is 344 g/mol. The van der Waals surface area contributed by atoms with E-state index in [2.05, 4.69) is 15.2 Å². The second kappa shape index (κ2) is 6.29. The Balaban J connectivity index is 1.49. The Morgan fingerprint density at radius 2 is 2.17 bits per heavy atom. The Labute approximate surface area is 146 Å². The Hall–Kier alpha value is -2.32. The number of hydrogen-bond donors (Lipinski definition) is 0. The first kappa shape index (κ1) is 15.2. The first-order valence-corrected chi connectivity index (χ1v) is 9.14. The first-order valence-electron chi connectivity index (χ1n) is 7.27. The van der Waals surface area contributed by atoms with Gasteiger partial charge in [0, 0.05) is 12.8 Å². The first-order chi connectivity index (χ1) is 11.7. The Kier molecular flexibility index (Phi) is 3.99. The minimum atomic E-state index is 0.660. The molecular formula is C16H14N4O2S2. The van der Waals surface area contributed by atoms with Gasteiger partial charge < -0.3 is 13.4 Å². The maximum atomic E-state index is 5.54. The summed E-state index contributed by atoms with van der Waals surface area (Å²) in [4.78, 5) is 5.55. The van der Waals surface area contributed by atoms with Crippen LogP contribution in [0.4, 0.5) is 0 Å². The van der Waals surface area contributed by atoms with E-state index in [1.165, 1.54) is 0 Å². The van der Waals surface area contributed by atoms with Crippen LogP contribution >= 0.6 is 23.1 Å². The fraction of sp³-hybridized carbons (Fsp3) is 0.188. The Bertz CT molecular complexity index is 953. The molecule has 4 aromatic rings. The summed E-state index contributed by atoms with van der Waals surface area (Å²) in [5, 5.41) is 11.4. The molecule has 0 radical (unpaired) electrons. The van der Waals surface area contributed by atoms with Crippen LogP contribution in [-0.2, 0) is 12.8 Å². The lowest BCUT2D eigenvalue weighted by Crippen LogP contribution is -1.95. The Morgan fingerprint density at radius 1 is 1.25 bits per heavy atom. The molecule has 0 saturated carbocycles. The molecule has 0 atom stereocenters. The molecule has 4 aromatic heterocycles. The number of rotatable bonds is 5. The number of aryl methyl sites for hydroxylation is 1. The number of aromatic nitrogens is 4. The average molecular weight is 358 g/mol. The van der Waals surface area contributed by atoms with Crippen molar-refractivity contribution in [3.63, 3.8) is 0 Å². The maximum Gasteiger partial charge on any atom is 0.236 e. The quantitative estimate of drug-likeness (QED) is 0.493. The highest BCUT2D eigenvalue weighted by atomic mass is 32.2. The van der Waals surface area contributed by atoms with E-state index in [0.717, 1.165) is 32.9 Å². The molecule has 0 amide bonds. The summed E-state index contributed by atoms with van der Waals surface area (Å²) in [6.07, 6.45) is 3.35. The molecule has 4 heterocycles. The fourth-order valence-corrected chi connectivity index (χ4v) is 3.76. The molecule has 0 aliphatic carbocycles. The Morgan fingerprint density at radius 3 is 2.92 bits per heavy atom. The highest BCUT2D eigenvalue weighted by Crippen LogP contribution is 2.29. The van der Waals surface area contributed by atoms with Gasteiger partial charge in [-0.3, -0.25) is 0 Å². The molecule has 6 nitrogen and oxygen atoms in total. The van der Waals surface area contributed by atoms with Gasteiger partial charge >= 0.3 is 0 Å². The van der Waals surface area contributed by atoms with Crippen LogP contribution in [0, 0.1) is 6.92 Å². The van der Waals surface area contributed by atoms with Crippen molar-refractivity contribution in [1.29, 1.82) is 0 Å². The van der Waals surface area contributed by atoms with Crippen molar-refractivity contribution in [2.45, 2.75) is 17.8 Å². The van der Waals surface area contributed by atoms with E-state index in [1.54, 1.807) is 35.6 Å².